The number of nitrogens with one attached hydrogen (secondary N) is 2. The van der Waals surface area contributed by atoms with E-state index in [4.69, 9.17) is 5.84 Å². The largest absolute Gasteiger partial charge is 0.241 e. The van der Waals surface area contributed by atoms with Crippen LogP contribution in [-0.4, -0.2) is 18.3 Å². The SMILES string of the molecule is CCCNN(N)NCCC. The second kappa shape index (κ2) is 6.95. The van der Waals surface area contributed by atoms with Crippen LogP contribution in [0.1, 0.15) is 26.7 Å². The zero-order valence-electron chi connectivity index (χ0n) is 6.85. The Kier molecular flexibility index (Phi) is 6.84. The summed E-state index contributed by atoms with van der Waals surface area (Å²) in [6.07, 6.45) is 2.17. The van der Waals surface area contributed by atoms with E-state index in [0.29, 0.717) is 0 Å². The predicted molar refractivity (Wildman–Crippen MR) is 42.6 cm³/mol. The first kappa shape index (κ1) is 9.84. The third-order valence-electron chi connectivity index (χ3n) is 1.06. The van der Waals surface area contributed by atoms with Crippen LogP contribution in [0, 0.1) is 0 Å². The topological polar surface area (TPSA) is 53.3 Å². The highest BCUT2D eigenvalue weighted by molar-refractivity contribution is 4.36. The van der Waals surface area contributed by atoms with Crippen molar-refractivity contribution < 1.29 is 0 Å². The Hall–Kier alpha value is -0.160. The summed E-state index contributed by atoms with van der Waals surface area (Å²) in [6.45, 7) is 6.02. The van der Waals surface area contributed by atoms with Crippen molar-refractivity contribution in [2.24, 2.45) is 5.84 Å². The fraction of sp³-hybridized carbons (Fsp3) is 1.00. The van der Waals surface area contributed by atoms with Crippen molar-refractivity contribution in [1.82, 2.24) is 16.1 Å². The van der Waals surface area contributed by atoms with Crippen LogP contribution in [0.5, 0.6) is 0 Å². The maximum atomic E-state index is 5.46. The first-order valence-corrected chi connectivity index (χ1v) is 3.83. The molecular weight excluding hydrogens is 128 g/mol. The Labute approximate surface area is 62.7 Å². The molecule has 0 saturated carbocycles. The Morgan fingerprint density at radius 2 is 1.50 bits per heavy atom. The number of nitrogens with zero attached hydrogens (tertiary/aromatic N) is 1. The Morgan fingerprint density at radius 3 is 1.80 bits per heavy atom. The van der Waals surface area contributed by atoms with Crippen LogP contribution in [0.4, 0.5) is 0 Å². The highest BCUT2D eigenvalue weighted by atomic mass is 15.8. The zero-order valence-corrected chi connectivity index (χ0v) is 6.85. The van der Waals surface area contributed by atoms with Gasteiger partial charge in [0.2, 0.25) is 0 Å². The molecule has 0 aromatic carbocycles. The van der Waals surface area contributed by atoms with Gasteiger partial charge in [0.05, 0.1) is 0 Å². The zero-order chi connectivity index (χ0) is 7.82. The molecule has 0 fully saturated rings. The van der Waals surface area contributed by atoms with Gasteiger partial charge in [0.25, 0.3) is 0 Å². The first-order valence-electron chi connectivity index (χ1n) is 3.83. The van der Waals surface area contributed by atoms with E-state index in [2.05, 4.69) is 24.7 Å². The summed E-state index contributed by atoms with van der Waals surface area (Å²) in [4.78, 5) is 0. The molecule has 4 N–H and O–H groups in total. The quantitative estimate of drug-likeness (QED) is 0.364. The molecule has 0 spiro atoms. The van der Waals surface area contributed by atoms with Crippen molar-refractivity contribution in [2.45, 2.75) is 26.7 Å². The molecule has 10 heavy (non-hydrogen) atoms. The van der Waals surface area contributed by atoms with Gasteiger partial charge in [0.1, 0.15) is 0 Å². The molecule has 4 heteroatoms. The fourth-order valence-electron chi connectivity index (χ4n) is 0.520. The highest BCUT2D eigenvalue weighted by Crippen LogP contribution is 1.71. The fourth-order valence-corrected chi connectivity index (χ4v) is 0.520. The monoisotopic (exact) mass is 146 g/mol. The molecule has 0 aromatic heterocycles. The van der Waals surface area contributed by atoms with Gasteiger partial charge in [-0.2, -0.15) is 0 Å². The van der Waals surface area contributed by atoms with Crippen molar-refractivity contribution in [3.8, 4) is 0 Å². The van der Waals surface area contributed by atoms with E-state index in [1.165, 1.54) is 5.23 Å². The maximum absolute atomic E-state index is 5.46. The Morgan fingerprint density at radius 1 is 1.10 bits per heavy atom. The van der Waals surface area contributed by atoms with Gasteiger partial charge < -0.3 is 0 Å². The minimum absolute atomic E-state index is 0.910. The van der Waals surface area contributed by atoms with Crippen molar-refractivity contribution in [3.63, 3.8) is 0 Å². The molecular formula is C6H18N4. The lowest BCUT2D eigenvalue weighted by Gasteiger charge is -2.17. The van der Waals surface area contributed by atoms with Crippen LogP contribution in [0.15, 0.2) is 0 Å². The summed E-state index contributed by atoms with van der Waals surface area (Å²) < 4.78 is 0. The van der Waals surface area contributed by atoms with Gasteiger partial charge in [0, 0.05) is 13.1 Å². The molecule has 0 aliphatic rings. The van der Waals surface area contributed by atoms with Gasteiger partial charge in [-0.3, -0.25) is 0 Å². The summed E-state index contributed by atoms with van der Waals surface area (Å²) in [5.74, 6) is 5.46. The molecule has 0 bridgehead atoms. The van der Waals surface area contributed by atoms with Gasteiger partial charge in [-0.25, -0.2) is 16.7 Å². The molecule has 0 saturated heterocycles. The molecule has 0 amide bonds. The van der Waals surface area contributed by atoms with Crippen LogP contribution < -0.4 is 16.7 Å². The molecule has 0 atom stereocenters. The van der Waals surface area contributed by atoms with Crippen LogP contribution in [0.2, 0.25) is 0 Å². The standard InChI is InChI=1S/C6H18N4/c1-3-5-8-10(7)9-6-4-2/h8-9H,3-7H2,1-2H3. The predicted octanol–water partition coefficient (Wildman–Crippen LogP) is -0.00870. The smallest absolute Gasteiger partial charge is 0.0127 e. The van der Waals surface area contributed by atoms with Crippen molar-refractivity contribution in [2.75, 3.05) is 13.1 Å². The average molecular weight is 146 g/mol. The summed E-state index contributed by atoms with van der Waals surface area (Å²) in [7, 11) is 0. The van der Waals surface area contributed by atoms with Crippen LogP contribution in [-0.2, 0) is 0 Å². The summed E-state index contributed by atoms with van der Waals surface area (Å²) in [5.41, 5.74) is 5.93. The molecule has 4 nitrogen and oxygen atoms in total. The van der Waals surface area contributed by atoms with E-state index in [1.807, 2.05) is 0 Å². The number of rotatable bonds is 6. The van der Waals surface area contributed by atoms with E-state index >= 15 is 0 Å². The molecule has 0 radical (unpaired) electrons. The van der Waals surface area contributed by atoms with E-state index in [0.717, 1.165) is 25.9 Å². The molecule has 0 aliphatic carbocycles. The molecule has 0 aliphatic heterocycles. The molecule has 0 aromatic rings. The van der Waals surface area contributed by atoms with Crippen molar-refractivity contribution in [1.29, 1.82) is 0 Å². The minimum Gasteiger partial charge on any atom is -0.241 e. The van der Waals surface area contributed by atoms with E-state index in [9.17, 15) is 0 Å². The van der Waals surface area contributed by atoms with E-state index < -0.39 is 0 Å². The lowest BCUT2D eigenvalue weighted by Crippen LogP contribution is -2.53. The molecule has 0 unspecified atom stereocenters. The maximum Gasteiger partial charge on any atom is 0.0127 e. The number of hydrazine groups is 3. The van der Waals surface area contributed by atoms with Crippen molar-refractivity contribution >= 4 is 0 Å². The summed E-state index contributed by atoms with van der Waals surface area (Å²) in [6, 6.07) is 0. The van der Waals surface area contributed by atoms with Gasteiger partial charge in [-0.05, 0) is 12.8 Å². The van der Waals surface area contributed by atoms with E-state index in [1.54, 1.807) is 0 Å². The second-order valence-corrected chi connectivity index (χ2v) is 2.19. The minimum atomic E-state index is 0.910. The third-order valence-corrected chi connectivity index (χ3v) is 1.06. The Bertz CT molecular complexity index is 58.8. The van der Waals surface area contributed by atoms with E-state index in [-0.39, 0.29) is 0 Å². The number of nitrogens with two attached hydrogens (primary N) is 1. The average Bonchev–Trinajstić information content (AvgIpc) is 1.97. The lowest BCUT2D eigenvalue weighted by molar-refractivity contribution is 0.116. The summed E-state index contributed by atoms with van der Waals surface area (Å²) in [5, 5.41) is 1.42. The molecule has 62 valence electrons. The van der Waals surface area contributed by atoms with Crippen LogP contribution >= 0.6 is 0 Å². The molecule has 0 heterocycles. The molecule has 0 rings (SSSR count). The van der Waals surface area contributed by atoms with Crippen LogP contribution in [0.25, 0.3) is 0 Å². The number of hydrogen-bond acceptors (Lipinski definition) is 4. The van der Waals surface area contributed by atoms with Gasteiger partial charge >= 0.3 is 0 Å². The first-order chi connectivity index (χ1) is 4.81. The highest BCUT2D eigenvalue weighted by Gasteiger charge is 1.91. The van der Waals surface area contributed by atoms with Crippen LogP contribution in [0.3, 0.4) is 0 Å². The van der Waals surface area contributed by atoms with Gasteiger partial charge in [-0.1, -0.05) is 13.8 Å². The van der Waals surface area contributed by atoms with Crippen molar-refractivity contribution in [3.05, 3.63) is 0 Å². The third kappa shape index (κ3) is 5.97. The normalized spacial score (nSPS) is 10.8. The lowest BCUT2D eigenvalue weighted by atomic mass is 10.5. The van der Waals surface area contributed by atoms with Gasteiger partial charge in [-0.15, -0.1) is 5.23 Å². The van der Waals surface area contributed by atoms with Gasteiger partial charge in [0.15, 0.2) is 0 Å². The summed E-state index contributed by atoms with van der Waals surface area (Å²) >= 11 is 0. The second-order valence-electron chi connectivity index (χ2n) is 2.19. The number of hydrogen-bond donors (Lipinski definition) is 3. The Balaban J connectivity index is 3.00.